The molecule has 2 aromatic rings. The molecule has 0 spiro atoms. The lowest BCUT2D eigenvalue weighted by Crippen LogP contribution is -1.96. The third kappa shape index (κ3) is 5.15. The zero-order chi connectivity index (χ0) is 16.6. The highest BCUT2D eigenvalue weighted by Crippen LogP contribution is 2.37. The summed E-state index contributed by atoms with van der Waals surface area (Å²) in [5.41, 5.74) is 1.32. The van der Waals surface area contributed by atoms with Gasteiger partial charge in [0.2, 0.25) is 5.12 Å². The monoisotopic (exact) mass is 352 g/mol. The van der Waals surface area contributed by atoms with E-state index in [1.54, 1.807) is 11.8 Å². The van der Waals surface area contributed by atoms with Gasteiger partial charge in [-0.05, 0) is 67.3 Å². The number of carbonyl (C=O) groups excluding carboxylic acids is 1. The molecule has 0 radical (unpaired) electrons. The Balaban J connectivity index is 1.80. The van der Waals surface area contributed by atoms with Crippen LogP contribution >= 0.6 is 23.5 Å². The van der Waals surface area contributed by atoms with Gasteiger partial charge in [0, 0.05) is 20.8 Å². The van der Waals surface area contributed by atoms with Gasteiger partial charge in [-0.2, -0.15) is 0 Å². The van der Waals surface area contributed by atoms with Gasteiger partial charge in [-0.1, -0.05) is 54.2 Å². The van der Waals surface area contributed by atoms with Crippen LogP contribution in [0.15, 0.2) is 93.1 Å². The van der Waals surface area contributed by atoms with E-state index in [1.165, 1.54) is 35.1 Å². The molecule has 0 saturated heterocycles. The predicted molar refractivity (Wildman–Crippen MR) is 104 cm³/mol. The van der Waals surface area contributed by atoms with Gasteiger partial charge in [0.15, 0.2) is 0 Å². The lowest BCUT2D eigenvalue weighted by atomic mass is 9.99. The highest BCUT2D eigenvalue weighted by Gasteiger charge is 2.13. The molecule has 0 amide bonds. The molecular formula is C21H20OS2. The summed E-state index contributed by atoms with van der Waals surface area (Å²) in [4.78, 5) is 15.8. The van der Waals surface area contributed by atoms with E-state index in [0.717, 1.165) is 22.6 Å². The quantitative estimate of drug-likeness (QED) is 0.453. The van der Waals surface area contributed by atoms with E-state index in [-0.39, 0.29) is 5.12 Å². The highest BCUT2D eigenvalue weighted by molar-refractivity contribution is 8.14. The SMILES string of the molecule is O=C(/C=C(\Sc1ccccc1)C1=CCCCC1)Sc1ccccc1. The van der Waals surface area contributed by atoms with Crippen LogP contribution in [0.4, 0.5) is 0 Å². The maximum Gasteiger partial charge on any atom is 0.218 e. The van der Waals surface area contributed by atoms with Crippen molar-refractivity contribution in [3.8, 4) is 0 Å². The van der Waals surface area contributed by atoms with E-state index in [4.69, 9.17) is 0 Å². The summed E-state index contributed by atoms with van der Waals surface area (Å²) in [5, 5.41) is 0.0890. The van der Waals surface area contributed by atoms with Gasteiger partial charge in [-0.15, -0.1) is 0 Å². The van der Waals surface area contributed by atoms with Crippen molar-refractivity contribution in [1.82, 2.24) is 0 Å². The number of hydrogen-bond acceptors (Lipinski definition) is 3. The van der Waals surface area contributed by atoms with Crippen molar-refractivity contribution in [3.63, 3.8) is 0 Å². The molecule has 0 fully saturated rings. The van der Waals surface area contributed by atoms with Crippen molar-refractivity contribution in [2.45, 2.75) is 35.5 Å². The smallest absolute Gasteiger partial charge is 0.218 e. The molecule has 1 nitrogen and oxygen atoms in total. The van der Waals surface area contributed by atoms with E-state index < -0.39 is 0 Å². The Bertz CT molecular complexity index is 733. The first kappa shape index (κ1) is 17.1. The number of thioether (sulfide) groups is 2. The van der Waals surface area contributed by atoms with Crippen LogP contribution in [0.5, 0.6) is 0 Å². The molecule has 0 saturated carbocycles. The topological polar surface area (TPSA) is 17.1 Å². The first-order chi connectivity index (χ1) is 11.8. The molecule has 0 aliphatic heterocycles. The van der Waals surface area contributed by atoms with E-state index >= 15 is 0 Å². The lowest BCUT2D eigenvalue weighted by molar-refractivity contribution is -0.107. The Morgan fingerprint density at radius 2 is 1.46 bits per heavy atom. The molecular weight excluding hydrogens is 332 g/mol. The molecule has 3 rings (SSSR count). The maximum absolute atomic E-state index is 12.5. The van der Waals surface area contributed by atoms with E-state index in [1.807, 2.05) is 54.6 Å². The van der Waals surface area contributed by atoms with Gasteiger partial charge in [0.1, 0.15) is 0 Å². The minimum absolute atomic E-state index is 0.0890. The minimum Gasteiger partial charge on any atom is -0.282 e. The summed E-state index contributed by atoms with van der Waals surface area (Å²) in [5.74, 6) is 0. The van der Waals surface area contributed by atoms with Gasteiger partial charge in [0.25, 0.3) is 0 Å². The molecule has 0 N–H and O–H groups in total. The number of benzene rings is 2. The average Bonchev–Trinajstić information content (AvgIpc) is 2.63. The Hall–Kier alpha value is -1.71. The molecule has 1 aliphatic rings. The Morgan fingerprint density at radius 3 is 2.04 bits per heavy atom. The molecule has 0 unspecified atom stereocenters. The third-order valence-electron chi connectivity index (χ3n) is 3.79. The van der Waals surface area contributed by atoms with Crippen molar-refractivity contribution in [1.29, 1.82) is 0 Å². The summed E-state index contributed by atoms with van der Waals surface area (Å²) in [6, 6.07) is 20.1. The molecule has 0 aromatic heterocycles. The molecule has 24 heavy (non-hydrogen) atoms. The van der Waals surface area contributed by atoms with Crippen molar-refractivity contribution < 1.29 is 4.79 Å². The molecule has 122 valence electrons. The summed E-state index contributed by atoms with van der Waals surface area (Å²) in [6.07, 6.45) is 8.74. The standard InChI is InChI=1S/C21H20OS2/c22-21(24-19-14-8-3-9-15-19)16-20(17-10-4-1-5-11-17)23-18-12-6-2-7-13-18/h2-3,6-10,12-16H,1,4-5,11H2/b20-16-. The molecule has 0 atom stereocenters. The van der Waals surface area contributed by atoms with Gasteiger partial charge < -0.3 is 0 Å². The predicted octanol–water partition coefficient (Wildman–Crippen LogP) is 6.48. The van der Waals surface area contributed by atoms with Crippen LogP contribution in [0, 0.1) is 0 Å². The zero-order valence-corrected chi connectivity index (χ0v) is 15.1. The number of allylic oxidation sites excluding steroid dienone is 2. The van der Waals surface area contributed by atoms with Crippen LogP contribution in [0.2, 0.25) is 0 Å². The van der Waals surface area contributed by atoms with E-state index in [9.17, 15) is 4.79 Å². The van der Waals surface area contributed by atoms with E-state index in [2.05, 4.69) is 18.2 Å². The molecule has 3 heteroatoms. The zero-order valence-electron chi connectivity index (χ0n) is 13.5. The number of carbonyl (C=O) groups is 1. The summed E-state index contributed by atoms with van der Waals surface area (Å²) in [6.45, 7) is 0. The van der Waals surface area contributed by atoms with Crippen molar-refractivity contribution in [2.24, 2.45) is 0 Å². The van der Waals surface area contributed by atoms with Crippen LogP contribution in [0.25, 0.3) is 0 Å². The Kier molecular flexibility index (Phi) is 6.39. The normalized spacial score (nSPS) is 15.0. The fourth-order valence-electron chi connectivity index (χ4n) is 2.61. The van der Waals surface area contributed by atoms with Crippen LogP contribution in [0.3, 0.4) is 0 Å². The van der Waals surface area contributed by atoms with Gasteiger partial charge >= 0.3 is 0 Å². The molecule has 0 bridgehead atoms. The first-order valence-electron chi connectivity index (χ1n) is 8.22. The van der Waals surface area contributed by atoms with Crippen molar-refractivity contribution in [2.75, 3.05) is 0 Å². The van der Waals surface area contributed by atoms with Crippen LogP contribution in [-0.4, -0.2) is 5.12 Å². The third-order valence-corrected chi connectivity index (χ3v) is 5.72. The molecule has 0 heterocycles. The van der Waals surface area contributed by atoms with Crippen molar-refractivity contribution >= 4 is 28.6 Å². The highest BCUT2D eigenvalue weighted by atomic mass is 32.2. The second-order valence-electron chi connectivity index (χ2n) is 5.63. The minimum atomic E-state index is 0.0890. The second kappa shape index (κ2) is 8.95. The molecule has 1 aliphatic carbocycles. The molecule has 2 aromatic carbocycles. The maximum atomic E-state index is 12.5. The van der Waals surface area contributed by atoms with Crippen molar-refractivity contribution in [3.05, 3.63) is 83.3 Å². The van der Waals surface area contributed by atoms with Gasteiger partial charge in [-0.25, -0.2) is 0 Å². The number of hydrogen-bond donors (Lipinski definition) is 0. The fraction of sp³-hybridized carbons (Fsp3) is 0.190. The van der Waals surface area contributed by atoms with Crippen LogP contribution in [-0.2, 0) is 4.79 Å². The average molecular weight is 353 g/mol. The second-order valence-corrected chi connectivity index (χ2v) is 7.83. The first-order valence-corrected chi connectivity index (χ1v) is 9.85. The van der Waals surface area contributed by atoms with Gasteiger partial charge in [0.05, 0.1) is 0 Å². The number of rotatable bonds is 5. The van der Waals surface area contributed by atoms with Gasteiger partial charge in [-0.3, -0.25) is 4.79 Å². The summed E-state index contributed by atoms with van der Waals surface area (Å²) < 4.78 is 0. The van der Waals surface area contributed by atoms with E-state index in [0.29, 0.717) is 0 Å². The van der Waals surface area contributed by atoms with Crippen LogP contribution < -0.4 is 0 Å². The fourth-order valence-corrected chi connectivity index (χ4v) is 4.41. The Labute approximate surface area is 152 Å². The lowest BCUT2D eigenvalue weighted by Gasteiger charge is -2.16. The largest absolute Gasteiger partial charge is 0.282 e. The summed E-state index contributed by atoms with van der Waals surface area (Å²) >= 11 is 2.98. The van der Waals surface area contributed by atoms with Crippen LogP contribution in [0.1, 0.15) is 25.7 Å². The summed E-state index contributed by atoms with van der Waals surface area (Å²) in [7, 11) is 0. The Morgan fingerprint density at radius 1 is 0.833 bits per heavy atom.